The van der Waals surface area contributed by atoms with Crippen molar-refractivity contribution in [1.29, 1.82) is 0 Å². The molecule has 0 fully saturated rings. The van der Waals surface area contributed by atoms with Crippen molar-refractivity contribution in [2.75, 3.05) is 0 Å². The van der Waals surface area contributed by atoms with Gasteiger partial charge in [0.2, 0.25) is 0 Å². The van der Waals surface area contributed by atoms with E-state index < -0.39 is 0 Å². The van der Waals surface area contributed by atoms with E-state index in [0.29, 0.717) is 17.6 Å². The molecule has 124 valence electrons. The van der Waals surface area contributed by atoms with Crippen LogP contribution in [0, 0.1) is 0 Å². The Morgan fingerprint density at radius 1 is 0.958 bits per heavy atom. The first-order chi connectivity index (χ1) is 11.8. The number of furan rings is 1. The van der Waals surface area contributed by atoms with Crippen LogP contribution >= 0.6 is 11.6 Å². The smallest absolute Gasteiger partial charge is 0.135 e. The molecule has 24 heavy (non-hydrogen) atoms. The van der Waals surface area contributed by atoms with Crippen LogP contribution in [-0.2, 0) is 6.54 Å². The predicted molar refractivity (Wildman–Crippen MR) is 100 cm³/mol. The van der Waals surface area contributed by atoms with Crippen molar-refractivity contribution >= 4 is 11.6 Å². The molecule has 1 unspecified atom stereocenters. The predicted octanol–water partition coefficient (Wildman–Crippen LogP) is 6.23. The van der Waals surface area contributed by atoms with Crippen molar-refractivity contribution in [1.82, 2.24) is 5.32 Å². The first-order valence-corrected chi connectivity index (χ1v) is 8.77. The lowest BCUT2D eigenvalue weighted by Crippen LogP contribution is -2.20. The number of rotatable bonds is 7. The van der Waals surface area contributed by atoms with E-state index in [9.17, 15) is 0 Å². The van der Waals surface area contributed by atoms with E-state index >= 15 is 0 Å². The second-order valence-corrected chi connectivity index (χ2v) is 6.29. The van der Waals surface area contributed by atoms with Gasteiger partial charge in [-0.3, -0.25) is 0 Å². The minimum absolute atomic E-state index is 0.338. The molecule has 2 aromatic carbocycles. The van der Waals surface area contributed by atoms with Crippen molar-refractivity contribution in [2.24, 2.45) is 0 Å². The zero-order valence-electron chi connectivity index (χ0n) is 13.8. The first kappa shape index (κ1) is 16.8. The number of hydrogen-bond donors (Lipinski definition) is 1. The summed E-state index contributed by atoms with van der Waals surface area (Å²) in [5, 5.41) is 4.31. The summed E-state index contributed by atoms with van der Waals surface area (Å²) in [7, 11) is 0. The third-order valence-electron chi connectivity index (χ3n) is 4.10. The molecule has 0 radical (unpaired) electrons. The maximum atomic E-state index is 6.24. The van der Waals surface area contributed by atoms with E-state index in [-0.39, 0.29) is 0 Å². The van der Waals surface area contributed by atoms with Gasteiger partial charge in [-0.2, -0.15) is 0 Å². The van der Waals surface area contributed by atoms with Crippen molar-refractivity contribution in [3.05, 3.63) is 83.1 Å². The molecule has 0 aliphatic carbocycles. The molecular weight excluding hydrogens is 318 g/mol. The summed E-state index contributed by atoms with van der Waals surface area (Å²) in [4.78, 5) is 0. The maximum Gasteiger partial charge on any atom is 0.135 e. The van der Waals surface area contributed by atoms with Crippen molar-refractivity contribution < 1.29 is 4.42 Å². The molecule has 0 saturated carbocycles. The zero-order chi connectivity index (χ0) is 16.8. The number of hydrogen-bond acceptors (Lipinski definition) is 2. The molecule has 1 atom stereocenters. The Labute approximate surface area is 148 Å². The molecule has 0 aliphatic rings. The average Bonchev–Trinajstić information content (AvgIpc) is 3.08. The van der Waals surface area contributed by atoms with Crippen LogP contribution in [0.3, 0.4) is 0 Å². The van der Waals surface area contributed by atoms with Crippen LogP contribution in [0.2, 0.25) is 5.02 Å². The fraction of sp³-hybridized carbons (Fsp3) is 0.238. The minimum atomic E-state index is 0.338. The molecule has 0 saturated heterocycles. The second-order valence-electron chi connectivity index (χ2n) is 5.88. The Bertz CT molecular complexity index is 766. The van der Waals surface area contributed by atoms with Gasteiger partial charge in [0.25, 0.3) is 0 Å². The molecule has 1 heterocycles. The average molecular weight is 340 g/mol. The van der Waals surface area contributed by atoms with Crippen LogP contribution < -0.4 is 5.32 Å². The molecule has 1 aromatic heterocycles. The van der Waals surface area contributed by atoms with Crippen LogP contribution in [0.25, 0.3) is 11.3 Å². The second kappa shape index (κ2) is 8.18. The maximum absolute atomic E-state index is 6.24. The van der Waals surface area contributed by atoms with Crippen LogP contribution in [0.1, 0.15) is 37.1 Å². The highest BCUT2D eigenvalue weighted by Crippen LogP contribution is 2.29. The molecule has 2 nitrogen and oxygen atoms in total. The lowest BCUT2D eigenvalue weighted by Gasteiger charge is -2.17. The molecule has 3 rings (SSSR count). The Balaban J connectivity index is 1.69. The number of nitrogens with one attached hydrogen (secondary N) is 1. The van der Waals surface area contributed by atoms with Gasteiger partial charge in [-0.1, -0.05) is 67.4 Å². The zero-order valence-corrected chi connectivity index (χ0v) is 14.6. The molecule has 0 amide bonds. The highest BCUT2D eigenvalue weighted by molar-refractivity contribution is 6.33. The molecule has 1 N–H and O–H groups in total. The van der Waals surface area contributed by atoms with Crippen LogP contribution in [0.4, 0.5) is 0 Å². The van der Waals surface area contributed by atoms with E-state index in [0.717, 1.165) is 29.9 Å². The van der Waals surface area contributed by atoms with E-state index in [1.165, 1.54) is 5.56 Å². The van der Waals surface area contributed by atoms with Crippen LogP contribution in [-0.4, -0.2) is 0 Å². The monoisotopic (exact) mass is 339 g/mol. The van der Waals surface area contributed by atoms with Gasteiger partial charge in [0.1, 0.15) is 11.5 Å². The molecule has 3 heteroatoms. The van der Waals surface area contributed by atoms with Crippen molar-refractivity contribution in [2.45, 2.75) is 32.4 Å². The van der Waals surface area contributed by atoms with Gasteiger partial charge in [-0.25, -0.2) is 0 Å². The SMILES string of the molecule is CCCC(NCc1ccc(-c2ccccc2Cl)o1)c1ccccc1. The van der Waals surface area contributed by atoms with E-state index in [2.05, 4.69) is 42.6 Å². The number of halogens is 1. The first-order valence-electron chi connectivity index (χ1n) is 8.40. The van der Waals surface area contributed by atoms with Gasteiger partial charge < -0.3 is 9.73 Å². The molecular formula is C21H22ClNO. The van der Waals surface area contributed by atoms with Gasteiger partial charge in [0.05, 0.1) is 11.6 Å². The summed E-state index contributed by atoms with van der Waals surface area (Å²) in [6.45, 7) is 2.91. The van der Waals surface area contributed by atoms with Gasteiger partial charge in [-0.15, -0.1) is 0 Å². The molecule has 0 aliphatic heterocycles. The van der Waals surface area contributed by atoms with Crippen LogP contribution in [0.5, 0.6) is 0 Å². The summed E-state index contributed by atoms with van der Waals surface area (Å²) in [5.74, 6) is 1.73. The standard InChI is InChI=1S/C21H22ClNO/c1-2-8-20(16-9-4-3-5-10-16)23-15-17-13-14-21(24-17)18-11-6-7-12-19(18)22/h3-7,9-14,20,23H,2,8,15H2,1H3. The summed E-state index contributed by atoms with van der Waals surface area (Å²) < 4.78 is 5.97. The van der Waals surface area contributed by atoms with Crippen molar-refractivity contribution in [3.8, 4) is 11.3 Å². The van der Waals surface area contributed by atoms with E-state index in [1.807, 2.05) is 36.4 Å². The van der Waals surface area contributed by atoms with Gasteiger partial charge in [0, 0.05) is 11.6 Å². The largest absolute Gasteiger partial charge is 0.460 e. The topological polar surface area (TPSA) is 25.2 Å². The quantitative estimate of drug-likeness (QED) is 0.551. The molecule has 3 aromatic rings. The lowest BCUT2D eigenvalue weighted by molar-refractivity contribution is 0.439. The normalized spacial score (nSPS) is 12.2. The highest BCUT2D eigenvalue weighted by atomic mass is 35.5. The Kier molecular flexibility index (Phi) is 5.73. The Morgan fingerprint density at radius 2 is 1.71 bits per heavy atom. The summed E-state index contributed by atoms with van der Waals surface area (Å²) in [6.07, 6.45) is 2.23. The minimum Gasteiger partial charge on any atom is -0.460 e. The third-order valence-corrected chi connectivity index (χ3v) is 4.43. The van der Waals surface area contributed by atoms with Crippen molar-refractivity contribution in [3.63, 3.8) is 0 Å². The number of benzene rings is 2. The molecule has 0 bridgehead atoms. The summed E-state index contributed by atoms with van der Waals surface area (Å²) >= 11 is 6.24. The molecule has 0 spiro atoms. The Morgan fingerprint density at radius 3 is 2.46 bits per heavy atom. The summed E-state index contributed by atoms with van der Waals surface area (Å²) in [6, 6.07) is 22.6. The van der Waals surface area contributed by atoms with Gasteiger partial charge in [0.15, 0.2) is 0 Å². The Hall–Kier alpha value is -2.03. The fourth-order valence-electron chi connectivity index (χ4n) is 2.86. The van der Waals surface area contributed by atoms with Gasteiger partial charge >= 0.3 is 0 Å². The third kappa shape index (κ3) is 4.08. The fourth-order valence-corrected chi connectivity index (χ4v) is 3.09. The summed E-state index contributed by atoms with van der Waals surface area (Å²) in [5.41, 5.74) is 2.25. The van der Waals surface area contributed by atoms with Gasteiger partial charge in [-0.05, 0) is 36.2 Å². The highest BCUT2D eigenvalue weighted by Gasteiger charge is 2.12. The van der Waals surface area contributed by atoms with E-state index in [1.54, 1.807) is 0 Å². The van der Waals surface area contributed by atoms with E-state index in [4.69, 9.17) is 16.0 Å². The van der Waals surface area contributed by atoms with Crippen LogP contribution in [0.15, 0.2) is 71.1 Å². The lowest BCUT2D eigenvalue weighted by atomic mass is 10.0.